The van der Waals surface area contributed by atoms with Gasteiger partial charge in [0, 0.05) is 17.5 Å². The average Bonchev–Trinajstić information content (AvgIpc) is 3.10. The Morgan fingerprint density at radius 2 is 2.15 bits per heavy atom. The minimum atomic E-state index is -0.241. The van der Waals surface area contributed by atoms with E-state index in [9.17, 15) is 4.79 Å². The second kappa shape index (κ2) is 7.27. The van der Waals surface area contributed by atoms with Gasteiger partial charge < -0.3 is 10.1 Å². The third-order valence-electron chi connectivity index (χ3n) is 5.32. The Morgan fingerprint density at radius 3 is 2.96 bits per heavy atom. The topological polar surface area (TPSA) is 62.4 Å². The molecule has 0 aromatic heterocycles. The summed E-state index contributed by atoms with van der Waals surface area (Å²) in [5.74, 6) is 1.13. The van der Waals surface area contributed by atoms with E-state index in [1.54, 1.807) is 7.11 Å². The van der Waals surface area contributed by atoms with Crippen LogP contribution in [0.25, 0.3) is 0 Å². The number of halogens is 1. The van der Waals surface area contributed by atoms with E-state index in [0.29, 0.717) is 11.6 Å². The van der Waals surface area contributed by atoms with E-state index in [1.165, 1.54) is 11.1 Å². The highest BCUT2D eigenvalue weighted by molar-refractivity contribution is 6.30. The number of hydrogen-bond donors (Lipinski definition) is 3. The molecule has 1 amide bonds. The van der Waals surface area contributed by atoms with Crippen LogP contribution in [0.15, 0.2) is 42.5 Å². The zero-order valence-corrected chi connectivity index (χ0v) is 15.3. The molecule has 0 saturated carbocycles. The molecule has 0 bridgehead atoms. The quantitative estimate of drug-likeness (QED) is 0.773. The number of nitrogens with one attached hydrogen (secondary N) is 3. The SMILES string of the molecule is COc1ccc2c(c1)CCC1C(C(=O)NCc3cccc(Cl)c3)NNC21. The van der Waals surface area contributed by atoms with Crippen LogP contribution in [0.4, 0.5) is 0 Å². The second-order valence-electron chi connectivity index (χ2n) is 6.86. The summed E-state index contributed by atoms with van der Waals surface area (Å²) < 4.78 is 5.32. The Labute approximate surface area is 158 Å². The highest BCUT2D eigenvalue weighted by Gasteiger charge is 2.43. The summed E-state index contributed by atoms with van der Waals surface area (Å²) in [6, 6.07) is 13.6. The van der Waals surface area contributed by atoms with E-state index >= 15 is 0 Å². The van der Waals surface area contributed by atoms with Gasteiger partial charge in [0.1, 0.15) is 11.8 Å². The first-order chi connectivity index (χ1) is 12.7. The van der Waals surface area contributed by atoms with Gasteiger partial charge in [-0.1, -0.05) is 29.8 Å². The highest BCUT2D eigenvalue weighted by Crippen LogP contribution is 2.40. The molecule has 1 aliphatic heterocycles. The maximum Gasteiger partial charge on any atom is 0.239 e. The zero-order chi connectivity index (χ0) is 18.1. The van der Waals surface area contributed by atoms with Crippen LogP contribution < -0.4 is 20.9 Å². The molecule has 4 rings (SSSR count). The maximum atomic E-state index is 12.7. The van der Waals surface area contributed by atoms with Crippen molar-refractivity contribution < 1.29 is 9.53 Å². The van der Waals surface area contributed by atoms with Gasteiger partial charge in [0.25, 0.3) is 0 Å². The fourth-order valence-electron chi connectivity index (χ4n) is 3.99. The van der Waals surface area contributed by atoms with Crippen LogP contribution in [-0.4, -0.2) is 19.1 Å². The zero-order valence-electron chi connectivity index (χ0n) is 14.6. The van der Waals surface area contributed by atoms with Crippen molar-refractivity contribution in [2.24, 2.45) is 5.92 Å². The largest absolute Gasteiger partial charge is 0.497 e. The van der Waals surface area contributed by atoms with E-state index in [4.69, 9.17) is 16.3 Å². The lowest BCUT2D eigenvalue weighted by Crippen LogP contribution is -2.45. The van der Waals surface area contributed by atoms with Gasteiger partial charge in [0.05, 0.1) is 13.2 Å². The van der Waals surface area contributed by atoms with Gasteiger partial charge in [-0.05, 0) is 53.8 Å². The summed E-state index contributed by atoms with van der Waals surface area (Å²) in [4.78, 5) is 12.7. The van der Waals surface area contributed by atoms with Gasteiger partial charge in [0.15, 0.2) is 0 Å². The lowest BCUT2D eigenvalue weighted by Gasteiger charge is -2.29. The predicted molar refractivity (Wildman–Crippen MR) is 101 cm³/mol. The third kappa shape index (κ3) is 3.30. The third-order valence-corrected chi connectivity index (χ3v) is 5.56. The standard InChI is InChI=1S/C20H22ClN3O2/c1-26-15-6-8-16-13(10-15)5-7-17-18(16)23-24-19(17)20(25)22-11-12-3-2-4-14(21)9-12/h2-4,6,8-10,17-19,23-24H,5,7,11H2,1H3,(H,22,25). The number of hydrogen-bond acceptors (Lipinski definition) is 4. The van der Waals surface area contributed by atoms with Gasteiger partial charge in [0.2, 0.25) is 5.91 Å². The minimum Gasteiger partial charge on any atom is -0.497 e. The van der Waals surface area contributed by atoms with Crippen molar-refractivity contribution in [2.45, 2.75) is 31.5 Å². The first-order valence-electron chi connectivity index (χ1n) is 8.86. The summed E-state index contributed by atoms with van der Waals surface area (Å²) in [6.07, 6.45) is 1.91. The van der Waals surface area contributed by atoms with Crippen molar-refractivity contribution in [3.05, 3.63) is 64.2 Å². The number of carbonyl (C=O) groups excluding carboxylic acids is 1. The fraction of sp³-hybridized carbons (Fsp3) is 0.350. The minimum absolute atomic E-state index is 0.0157. The molecule has 0 radical (unpaired) electrons. The lowest BCUT2D eigenvalue weighted by atomic mass is 9.77. The molecule has 3 N–H and O–H groups in total. The van der Waals surface area contributed by atoms with Crippen LogP contribution >= 0.6 is 11.6 Å². The molecule has 3 atom stereocenters. The molecule has 136 valence electrons. The average molecular weight is 372 g/mol. The molecule has 5 nitrogen and oxygen atoms in total. The number of amides is 1. The van der Waals surface area contributed by atoms with Crippen LogP contribution in [0.1, 0.15) is 29.2 Å². The van der Waals surface area contributed by atoms with Crippen molar-refractivity contribution in [2.75, 3.05) is 7.11 Å². The monoisotopic (exact) mass is 371 g/mol. The Bertz CT molecular complexity index is 826. The number of hydrazine groups is 1. The molecule has 1 saturated heterocycles. The number of methoxy groups -OCH3 is 1. The fourth-order valence-corrected chi connectivity index (χ4v) is 4.20. The summed E-state index contributed by atoms with van der Waals surface area (Å²) in [6.45, 7) is 0.475. The van der Waals surface area contributed by atoms with Crippen molar-refractivity contribution in [3.8, 4) is 5.75 Å². The molecule has 1 fully saturated rings. The van der Waals surface area contributed by atoms with E-state index in [1.807, 2.05) is 30.3 Å². The predicted octanol–water partition coefficient (Wildman–Crippen LogP) is 2.74. The van der Waals surface area contributed by atoms with Crippen LogP contribution in [0.5, 0.6) is 5.75 Å². The first-order valence-corrected chi connectivity index (χ1v) is 9.23. The van der Waals surface area contributed by atoms with Crippen LogP contribution in [0, 0.1) is 5.92 Å². The molecular formula is C20H22ClN3O2. The maximum absolute atomic E-state index is 12.7. The van der Waals surface area contributed by atoms with Crippen LogP contribution in [0.3, 0.4) is 0 Å². The van der Waals surface area contributed by atoms with Crippen LogP contribution in [-0.2, 0) is 17.8 Å². The van der Waals surface area contributed by atoms with E-state index < -0.39 is 0 Å². The van der Waals surface area contributed by atoms with Crippen LogP contribution in [0.2, 0.25) is 5.02 Å². The lowest BCUT2D eigenvalue weighted by molar-refractivity contribution is -0.124. The number of ether oxygens (including phenoxy) is 1. The van der Waals surface area contributed by atoms with Crippen molar-refractivity contribution in [1.82, 2.24) is 16.2 Å². The Balaban J connectivity index is 1.44. The van der Waals surface area contributed by atoms with Gasteiger partial charge in [-0.15, -0.1) is 0 Å². The smallest absolute Gasteiger partial charge is 0.239 e. The molecule has 1 heterocycles. The molecule has 2 aromatic rings. The number of benzene rings is 2. The summed E-state index contributed by atoms with van der Waals surface area (Å²) >= 11 is 6.00. The Kier molecular flexibility index (Phi) is 4.85. The number of fused-ring (bicyclic) bond motifs is 3. The van der Waals surface area contributed by atoms with Crippen molar-refractivity contribution >= 4 is 17.5 Å². The van der Waals surface area contributed by atoms with Crippen molar-refractivity contribution in [1.29, 1.82) is 0 Å². The van der Waals surface area contributed by atoms with Gasteiger partial charge >= 0.3 is 0 Å². The Hall–Kier alpha value is -2.08. The normalized spacial score (nSPS) is 23.8. The molecule has 3 unspecified atom stereocenters. The number of carbonyl (C=O) groups is 1. The first kappa shape index (κ1) is 17.3. The van der Waals surface area contributed by atoms with Gasteiger partial charge in [-0.3, -0.25) is 4.79 Å². The molecule has 26 heavy (non-hydrogen) atoms. The molecule has 2 aromatic carbocycles. The highest BCUT2D eigenvalue weighted by atomic mass is 35.5. The Morgan fingerprint density at radius 1 is 1.27 bits per heavy atom. The van der Waals surface area contributed by atoms with Gasteiger partial charge in [-0.2, -0.15) is 0 Å². The molecule has 6 heteroatoms. The number of aryl methyl sites for hydroxylation is 1. The van der Waals surface area contributed by atoms with Gasteiger partial charge in [-0.25, -0.2) is 10.9 Å². The summed E-state index contributed by atoms with van der Waals surface area (Å²) in [7, 11) is 1.68. The van der Waals surface area contributed by atoms with E-state index in [-0.39, 0.29) is 23.9 Å². The summed E-state index contributed by atoms with van der Waals surface area (Å²) in [5, 5.41) is 3.70. The molecule has 2 aliphatic rings. The van der Waals surface area contributed by atoms with E-state index in [2.05, 4.69) is 28.3 Å². The second-order valence-corrected chi connectivity index (χ2v) is 7.30. The molecular weight excluding hydrogens is 350 g/mol. The molecule has 1 aliphatic carbocycles. The van der Waals surface area contributed by atoms with Crippen molar-refractivity contribution in [3.63, 3.8) is 0 Å². The molecule has 0 spiro atoms. The van der Waals surface area contributed by atoms with E-state index in [0.717, 1.165) is 24.2 Å². The number of rotatable bonds is 4. The summed E-state index contributed by atoms with van der Waals surface area (Å²) in [5.41, 5.74) is 10.1.